The molecule has 146 valence electrons. The molecule has 1 atom stereocenters. The topological polar surface area (TPSA) is 85.4 Å². The van der Waals surface area contributed by atoms with Crippen molar-refractivity contribution in [3.63, 3.8) is 0 Å². The molecule has 1 aromatic heterocycles. The normalized spacial score (nSPS) is 12.4. The molecule has 1 heterocycles. The van der Waals surface area contributed by atoms with Gasteiger partial charge in [0.15, 0.2) is 9.84 Å². The predicted molar refractivity (Wildman–Crippen MR) is 111 cm³/mol. The third kappa shape index (κ3) is 4.58. The lowest BCUT2D eigenvalue weighted by Crippen LogP contribution is -2.33. The highest BCUT2D eigenvalue weighted by Crippen LogP contribution is 2.26. The maximum absolute atomic E-state index is 12.7. The largest absolute Gasteiger partial charge is 0.495 e. The SMILES string of the molecule is COc1ccccc1NC(=O)C(C)S(=O)(=O)Cc1csc(-c2ccccc2)n1. The molecular weight excluding hydrogens is 396 g/mol. The van der Waals surface area contributed by atoms with Crippen LogP contribution in [-0.2, 0) is 20.4 Å². The van der Waals surface area contributed by atoms with Crippen molar-refractivity contribution in [1.29, 1.82) is 0 Å². The first-order chi connectivity index (χ1) is 13.4. The van der Waals surface area contributed by atoms with Crippen LogP contribution >= 0.6 is 11.3 Å². The number of nitrogens with one attached hydrogen (secondary N) is 1. The van der Waals surface area contributed by atoms with Gasteiger partial charge in [0.25, 0.3) is 0 Å². The number of amides is 1. The fourth-order valence-electron chi connectivity index (χ4n) is 2.56. The Morgan fingerprint density at radius 1 is 1.14 bits per heavy atom. The lowest BCUT2D eigenvalue weighted by molar-refractivity contribution is -0.115. The molecular formula is C20H20N2O4S2. The first-order valence-electron chi connectivity index (χ1n) is 8.56. The number of sulfone groups is 1. The number of carbonyl (C=O) groups is 1. The van der Waals surface area contributed by atoms with Gasteiger partial charge >= 0.3 is 0 Å². The summed E-state index contributed by atoms with van der Waals surface area (Å²) in [5.41, 5.74) is 1.79. The highest BCUT2D eigenvalue weighted by molar-refractivity contribution is 7.92. The maximum atomic E-state index is 12.7. The van der Waals surface area contributed by atoms with Crippen molar-refractivity contribution in [2.75, 3.05) is 12.4 Å². The number of para-hydroxylation sites is 2. The molecule has 0 radical (unpaired) electrons. The van der Waals surface area contributed by atoms with Crippen molar-refractivity contribution in [2.45, 2.75) is 17.9 Å². The summed E-state index contributed by atoms with van der Waals surface area (Å²) >= 11 is 1.38. The number of hydrogen-bond donors (Lipinski definition) is 1. The number of rotatable bonds is 7. The molecule has 0 spiro atoms. The molecule has 2 aromatic carbocycles. The van der Waals surface area contributed by atoms with Gasteiger partial charge < -0.3 is 10.1 Å². The van der Waals surface area contributed by atoms with E-state index in [2.05, 4.69) is 10.3 Å². The second kappa shape index (κ2) is 8.53. The van der Waals surface area contributed by atoms with Crippen LogP contribution in [0.3, 0.4) is 0 Å². The third-order valence-corrected chi connectivity index (χ3v) is 7.12. The second-order valence-electron chi connectivity index (χ2n) is 6.15. The van der Waals surface area contributed by atoms with Crippen molar-refractivity contribution < 1.29 is 17.9 Å². The fourth-order valence-corrected chi connectivity index (χ4v) is 4.69. The molecule has 0 aliphatic heterocycles. The lowest BCUT2D eigenvalue weighted by atomic mass is 10.2. The molecule has 0 saturated carbocycles. The predicted octanol–water partition coefficient (Wildman–Crippen LogP) is 3.76. The number of carbonyl (C=O) groups excluding carboxylic acids is 1. The Morgan fingerprint density at radius 3 is 2.54 bits per heavy atom. The molecule has 28 heavy (non-hydrogen) atoms. The van der Waals surface area contributed by atoms with Crippen molar-refractivity contribution in [3.8, 4) is 16.3 Å². The average Bonchev–Trinajstić information content (AvgIpc) is 3.16. The van der Waals surface area contributed by atoms with Gasteiger partial charge in [-0.3, -0.25) is 4.79 Å². The van der Waals surface area contributed by atoms with Crippen LogP contribution in [0.25, 0.3) is 10.6 Å². The Bertz CT molecular complexity index is 1060. The minimum atomic E-state index is -3.73. The molecule has 0 aliphatic rings. The minimum Gasteiger partial charge on any atom is -0.495 e. The number of benzene rings is 2. The molecule has 6 nitrogen and oxygen atoms in total. The highest BCUT2D eigenvalue weighted by atomic mass is 32.2. The van der Waals surface area contributed by atoms with Crippen molar-refractivity contribution >= 4 is 32.8 Å². The molecule has 3 rings (SSSR count). The minimum absolute atomic E-state index is 0.295. The molecule has 0 fully saturated rings. The van der Waals surface area contributed by atoms with Gasteiger partial charge in [0.1, 0.15) is 16.0 Å². The molecule has 8 heteroatoms. The van der Waals surface area contributed by atoms with E-state index in [1.54, 1.807) is 29.6 Å². The summed E-state index contributed by atoms with van der Waals surface area (Å²) < 4.78 is 30.6. The van der Waals surface area contributed by atoms with E-state index in [0.717, 1.165) is 10.6 Å². The van der Waals surface area contributed by atoms with Gasteiger partial charge in [0.05, 0.1) is 24.2 Å². The Balaban J connectivity index is 1.72. The summed E-state index contributed by atoms with van der Waals surface area (Å²) in [7, 11) is -2.25. The smallest absolute Gasteiger partial charge is 0.242 e. The Kier molecular flexibility index (Phi) is 6.11. The van der Waals surface area contributed by atoms with E-state index in [9.17, 15) is 13.2 Å². The monoisotopic (exact) mass is 416 g/mol. The van der Waals surface area contributed by atoms with Crippen LogP contribution in [0.5, 0.6) is 5.75 Å². The standard InChI is InChI=1S/C20H20N2O4S2/c1-14(19(23)22-17-10-6-7-11-18(17)26-2)28(24,25)13-16-12-27-20(21-16)15-8-4-3-5-9-15/h3-12,14H,13H2,1-2H3,(H,22,23). The van der Waals surface area contributed by atoms with Crippen molar-refractivity contribution in [1.82, 2.24) is 4.98 Å². The summed E-state index contributed by atoms with van der Waals surface area (Å²) in [4.78, 5) is 16.9. The average molecular weight is 417 g/mol. The fraction of sp³-hybridized carbons (Fsp3) is 0.200. The van der Waals surface area contributed by atoms with Gasteiger partial charge in [-0.15, -0.1) is 11.3 Å². The van der Waals surface area contributed by atoms with E-state index in [0.29, 0.717) is 17.1 Å². The van der Waals surface area contributed by atoms with Crippen LogP contribution in [0.2, 0.25) is 0 Å². The van der Waals surface area contributed by atoms with E-state index in [1.807, 2.05) is 30.3 Å². The van der Waals surface area contributed by atoms with Crippen LogP contribution in [0.15, 0.2) is 60.0 Å². The maximum Gasteiger partial charge on any atom is 0.242 e. The number of nitrogens with zero attached hydrogens (tertiary/aromatic N) is 1. The van der Waals surface area contributed by atoms with Crippen LogP contribution in [0, 0.1) is 0 Å². The Morgan fingerprint density at radius 2 is 1.82 bits per heavy atom. The van der Waals surface area contributed by atoms with Crippen LogP contribution in [-0.4, -0.2) is 31.7 Å². The molecule has 0 aliphatic carbocycles. The van der Waals surface area contributed by atoms with E-state index in [-0.39, 0.29) is 5.75 Å². The van der Waals surface area contributed by atoms with Gasteiger partial charge in [-0.1, -0.05) is 42.5 Å². The molecule has 1 amide bonds. The number of ether oxygens (including phenoxy) is 1. The summed E-state index contributed by atoms with van der Waals surface area (Å²) in [6, 6.07) is 16.4. The Hall–Kier alpha value is -2.71. The summed E-state index contributed by atoms with van der Waals surface area (Å²) in [5.74, 6) is -0.438. The zero-order chi connectivity index (χ0) is 20.1. The summed E-state index contributed by atoms with van der Waals surface area (Å²) in [5, 5.41) is 3.86. The molecule has 1 N–H and O–H groups in total. The van der Waals surface area contributed by atoms with Crippen LogP contribution < -0.4 is 10.1 Å². The van der Waals surface area contributed by atoms with E-state index >= 15 is 0 Å². The number of anilines is 1. The van der Waals surface area contributed by atoms with E-state index in [4.69, 9.17) is 4.74 Å². The number of aromatic nitrogens is 1. The van der Waals surface area contributed by atoms with Gasteiger partial charge in [0, 0.05) is 10.9 Å². The molecule has 0 saturated heterocycles. The number of hydrogen-bond acceptors (Lipinski definition) is 6. The van der Waals surface area contributed by atoms with E-state index < -0.39 is 21.0 Å². The summed E-state index contributed by atoms with van der Waals surface area (Å²) in [6.45, 7) is 1.38. The lowest BCUT2D eigenvalue weighted by Gasteiger charge is -2.14. The van der Waals surface area contributed by atoms with Crippen molar-refractivity contribution in [2.24, 2.45) is 0 Å². The second-order valence-corrected chi connectivity index (χ2v) is 9.33. The first-order valence-corrected chi connectivity index (χ1v) is 11.2. The van der Waals surface area contributed by atoms with E-state index in [1.165, 1.54) is 25.4 Å². The molecule has 3 aromatic rings. The first kappa shape index (κ1) is 20.0. The van der Waals surface area contributed by atoms with Gasteiger partial charge in [0.2, 0.25) is 5.91 Å². The quantitative estimate of drug-likeness (QED) is 0.634. The van der Waals surface area contributed by atoms with Gasteiger partial charge in [-0.25, -0.2) is 13.4 Å². The summed E-state index contributed by atoms with van der Waals surface area (Å²) in [6.07, 6.45) is 0. The van der Waals surface area contributed by atoms with Gasteiger partial charge in [-0.2, -0.15) is 0 Å². The van der Waals surface area contributed by atoms with Crippen LogP contribution in [0.1, 0.15) is 12.6 Å². The molecule has 1 unspecified atom stereocenters. The number of methoxy groups -OCH3 is 1. The van der Waals surface area contributed by atoms with Gasteiger partial charge in [-0.05, 0) is 19.1 Å². The molecule has 0 bridgehead atoms. The Labute approximate surface area is 168 Å². The zero-order valence-electron chi connectivity index (χ0n) is 15.5. The highest BCUT2D eigenvalue weighted by Gasteiger charge is 2.29. The van der Waals surface area contributed by atoms with Crippen LogP contribution in [0.4, 0.5) is 5.69 Å². The zero-order valence-corrected chi connectivity index (χ0v) is 17.1. The van der Waals surface area contributed by atoms with Crippen molar-refractivity contribution in [3.05, 3.63) is 65.7 Å². The third-order valence-electron chi connectivity index (χ3n) is 4.19. The number of thiazole rings is 1.